The van der Waals surface area contributed by atoms with Crippen LogP contribution in [0, 0.1) is 0 Å². The van der Waals surface area contributed by atoms with Gasteiger partial charge in [-0.15, -0.1) is 0 Å². The molecule has 29 heavy (non-hydrogen) atoms. The molecule has 0 aliphatic heterocycles. The summed E-state index contributed by atoms with van der Waals surface area (Å²) < 4.78 is 11.7. The van der Waals surface area contributed by atoms with Crippen LogP contribution in [0.1, 0.15) is 41.8 Å². The summed E-state index contributed by atoms with van der Waals surface area (Å²) in [5.74, 6) is 1.33. The minimum absolute atomic E-state index is 0.000406. The molecule has 150 valence electrons. The van der Waals surface area contributed by atoms with E-state index in [0.717, 1.165) is 12.0 Å². The molecule has 0 fully saturated rings. The van der Waals surface area contributed by atoms with Gasteiger partial charge in [0.15, 0.2) is 5.78 Å². The van der Waals surface area contributed by atoms with Crippen molar-refractivity contribution in [1.82, 2.24) is 4.98 Å². The van der Waals surface area contributed by atoms with Crippen LogP contribution in [-0.2, 0) is 13.0 Å². The number of nitrogens with zero attached hydrogens (tertiary/aromatic N) is 1. The van der Waals surface area contributed by atoms with Crippen LogP contribution in [0.3, 0.4) is 0 Å². The van der Waals surface area contributed by atoms with E-state index < -0.39 is 0 Å². The summed E-state index contributed by atoms with van der Waals surface area (Å²) in [4.78, 5) is 15.8. The fraction of sp³-hybridized carbons (Fsp3) is 0.217. The molecule has 0 spiro atoms. The Hall–Kier alpha value is -3.54. The van der Waals surface area contributed by atoms with Gasteiger partial charge in [-0.25, -0.2) is 4.98 Å². The molecular weight excluding hydrogens is 368 g/mol. The van der Waals surface area contributed by atoms with E-state index in [4.69, 9.17) is 15.2 Å². The fourth-order valence-corrected chi connectivity index (χ4v) is 2.99. The van der Waals surface area contributed by atoms with E-state index in [9.17, 15) is 9.90 Å². The maximum Gasteiger partial charge on any atom is 0.242 e. The van der Waals surface area contributed by atoms with E-state index in [1.54, 1.807) is 30.5 Å². The second kappa shape index (κ2) is 9.10. The zero-order valence-corrected chi connectivity index (χ0v) is 16.5. The van der Waals surface area contributed by atoms with Gasteiger partial charge in [0.05, 0.1) is 11.3 Å². The maximum absolute atomic E-state index is 11.7. The number of aromatic hydroxyl groups is 1. The van der Waals surface area contributed by atoms with Crippen LogP contribution < -0.4 is 15.2 Å². The second-order valence-corrected chi connectivity index (χ2v) is 6.68. The van der Waals surface area contributed by atoms with E-state index >= 15 is 0 Å². The summed E-state index contributed by atoms with van der Waals surface area (Å²) in [6, 6.07) is 14.2. The van der Waals surface area contributed by atoms with Crippen LogP contribution >= 0.6 is 0 Å². The number of phenolic OH excluding ortho intramolecular Hbond substituents is 1. The molecule has 0 unspecified atom stereocenters. The molecule has 0 bridgehead atoms. The second-order valence-electron chi connectivity index (χ2n) is 6.68. The molecule has 1 aromatic heterocycles. The molecule has 0 amide bonds. The lowest BCUT2D eigenvalue weighted by Gasteiger charge is -2.15. The molecule has 0 aliphatic rings. The van der Waals surface area contributed by atoms with Crippen molar-refractivity contribution in [2.24, 2.45) is 0 Å². The average Bonchev–Trinajstić information content (AvgIpc) is 2.70. The molecule has 6 heteroatoms. The molecule has 2 aromatic carbocycles. The number of Topliss-reactive ketones (excluding diaryl/α,β-unsaturated/α-hetero) is 1. The lowest BCUT2D eigenvalue weighted by atomic mass is 10.0. The van der Waals surface area contributed by atoms with Crippen molar-refractivity contribution in [2.45, 2.75) is 33.3 Å². The number of nitrogens with two attached hydrogens (primary N) is 1. The number of aromatic nitrogens is 1. The summed E-state index contributed by atoms with van der Waals surface area (Å²) in [6.07, 6.45) is 3.05. The van der Waals surface area contributed by atoms with Gasteiger partial charge in [-0.3, -0.25) is 4.79 Å². The summed E-state index contributed by atoms with van der Waals surface area (Å²) in [5.41, 5.74) is 8.17. The largest absolute Gasteiger partial charge is 0.507 e. The Morgan fingerprint density at radius 1 is 1.17 bits per heavy atom. The van der Waals surface area contributed by atoms with Crippen molar-refractivity contribution in [2.75, 3.05) is 5.73 Å². The Kier molecular flexibility index (Phi) is 6.34. The highest BCUT2D eigenvalue weighted by Gasteiger charge is 2.16. The van der Waals surface area contributed by atoms with Crippen LogP contribution in [0.2, 0.25) is 0 Å². The van der Waals surface area contributed by atoms with Crippen molar-refractivity contribution in [1.29, 1.82) is 0 Å². The third-order valence-corrected chi connectivity index (χ3v) is 4.43. The van der Waals surface area contributed by atoms with Crippen LogP contribution in [0.4, 0.5) is 5.69 Å². The van der Waals surface area contributed by atoms with Gasteiger partial charge >= 0.3 is 0 Å². The highest BCUT2D eigenvalue weighted by molar-refractivity contribution is 5.97. The monoisotopic (exact) mass is 392 g/mol. The normalized spacial score (nSPS) is 10.6. The minimum atomic E-state index is -0.176. The Balaban J connectivity index is 1.77. The molecule has 0 radical (unpaired) electrons. The lowest BCUT2D eigenvalue weighted by Crippen LogP contribution is -2.02. The van der Waals surface area contributed by atoms with Crippen molar-refractivity contribution in [3.63, 3.8) is 0 Å². The maximum atomic E-state index is 11.7. The first kappa shape index (κ1) is 20.2. The number of rotatable bonds is 8. The van der Waals surface area contributed by atoms with Crippen molar-refractivity contribution in [3.8, 4) is 23.1 Å². The topological polar surface area (TPSA) is 94.7 Å². The van der Waals surface area contributed by atoms with E-state index in [-0.39, 0.29) is 18.1 Å². The first-order valence-electron chi connectivity index (χ1n) is 9.45. The van der Waals surface area contributed by atoms with Crippen LogP contribution in [0.5, 0.6) is 23.1 Å². The average molecular weight is 392 g/mol. The van der Waals surface area contributed by atoms with Crippen molar-refractivity contribution in [3.05, 3.63) is 71.4 Å². The Labute approximate surface area is 169 Å². The Morgan fingerprint density at radius 3 is 2.72 bits per heavy atom. The number of ether oxygens (including phenoxy) is 2. The number of pyridine rings is 1. The summed E-state index contributed by atoms with van der Waals surface area (Å²) in [7, 11) is 0. The highest BCUT2D eigenvalue weighted by Crippen LogP contribution is 2.33. The highest BCUT2D eigenvalue weighted by atomic mass is 16.5. The van der Waals surface area contributed by atoms with Gasteiger partial charge in [0, 0.05) is 11.8 Å². The zero-order chi connectivity index (χ0) is 20.8. The van der Waals surface area contributed by atoms with Crippen molar-refractivity contribution < 1.29 is 19.4 Å². The number of nitrogen functional groups attached to an aromatic ring is 1. The van der Waals surface area contributed by atoms with E-state index in [1.165, 1.54) is 6.92 Å². The summed E-state index contributed by atoms with van der Waals surface area (Å²) in [6.45, 7) is 3.73. The standard InChI is InChI=1S/C23H24N2O4/c1-3-6-19-21(11-10-18(15(2)26)22(19)27)28-14-16-7-4-8-17(13-16)29-23-20(24)9-5-12-25-23/h4-5,7-13,27H,3,6,14,24H2,1-2H3. The Bertz CT molecular complexity index is 1020. The van der Waals surface area contributed by atoms with Gasteiger partial charge in [0.2, 0.25) is 5.88 Å². The third-order valence-electron chi connectivity index (χ3n) is 4.43. The predicted molar refractivity (Wildman–Crippen MR) is 112 cm³/mol. The van der Waals surface area contributed by atoms with Crippen LogP contribution in [-0.4, -0.2) is 15.9 Å². The fourth-order valence-electron chi connectivity index (χ4n) is 2.99. The van der Waals surface area contributed by atoms with Gasteiger partial charge in [0.25, 0.3) is 0 Å². The molecule has 0 saturated heterocycles. The smallest absolute Gasteiger partial charge is 0.242 e. The van der Waals surface area contributed by atoms with E-state index in [1.807, 2.05) is 31.2 Å². The van der Waals surface area contributed by atoms with Gasteiger partial charge < -0.3 is 20.3 Å². The first-order chi connectivity index (χ1) is 14.0. The molecule has 0 atom stereocenters. The lowest BCUT2D eigenvalue weighted by molar-refractivity contribution is 0.101. The van der Waals surface area contributed by atoms with Crippen LogP contribution in [0.15, 0.2) is 54.7 Å². The number of benzene rings is 2. The molecule has 3 rings (SSSR count). The van der Waals surface area contributed by atoms with Gasteiger partial charge in [0.1, 0.15) is 23.9 Å². The molecule has 0 aliphatic carbocycles. The number of hydrogen-bond acceptors (Lipinski definition) is 6. The van der Waals surface area contributed by atoms with E-state index in [0.29, 0.717) is 40.6 Å². The number of phenols is 1. The number of anilines is 1. The molecular formula is C23H24N2O4. The molecule has 0 saturated carbocycles. The number of carbonyl (C=O) groups is 1. The van der Waals surface area contributed by atoms with Gasteiger partial charge in [-0.05, 0) is 55.3 Å². The zero-order valence-electron chi connectivity index (χ0n) is 16.5. The van der Waals surface area contributed by atoms with Crippen molar-refractivity contribution >= 4 is 11.5 Å². The third kappa shape index (κ3) is 4.85. The molecule has 1 heterocycles. The number of hydrogen-bond donors (Lipinski definition) is 2. The quantitative estimate of drug-likeness (QED) is 0.530. The molecule has 3 N–H and O–H groups in total. The Morgan fingerprint density at radius 2 is 2.00 bits per heavy atom. The molecule has 3 aromatic rings. The predicted octanol–water partition coefficient (Wildman–Crippen LogP) is 4.90. The summed E-state index contributed by atoms with van der Waals surface area (Å²) >= 11 is 0. The van der Waals surface area contributed by atoms with Crippen LogP contribution in [0.25, 0.3) is 0 Å². The SMILES string of the molecule is CCCc1c(OCc2cccc(Oc3ncccc3N)c2)ccc(C(C)=O)c1O. The van der Waals surface area contributed by atoms with E-state index in [2.05, 4.69) is 4.98 Å². The van der Waals surface area contributed by atoms with Gasteiger partial charge in [-0.1, -0.05) is 25.5 Å². The van der Waals surface area contributed by atoms with Gasteiger partial charge in [-0.2, -0.15) is 0 Å². The number of carbonyl (C=O) groups excluding carboxylic acids is 1. The summed E-state index contributed by atoms with van der Waals surface area (Å²) in [5, 5.41) is 10.5. The first-order valence-corrected chi connectivity index (χ1v) is 9.45. The minimum Gasteiger partial charge on any atom is -0.507 e. The number of ketones is 1. The molecule has 6 nitrogen and oxygen atoms in total.